The fourth-order valence-electron chi connectivity index (χ4n) is 2.54. The summed E-state index contributed by atoms with van der Waals surface area (Å²) in [5.74, 6) is -2.77. The Morgan fingerprint density at radius 3 is 2.64 bits per heavy atom. The Hall–Kier alpha value is -3.69. The monoisotopic (exact) mass is 386 g/mol. The molecule has 0 fully saturated rings. The number of halogens is 2. The van der Waals surface area contributed by atoms with Gasteiger partial charge in [0.2, 0.25) is 5.91 Å². The number of amides is 2. The van der Waals surface area contributed by atoms with Crippen molar-refractivity contribution >= 4 is 17.5 Å². The molecule has 8 nitrogen and oxygen atoms in total. The van der Waals surface area contributed by atoms with Crippen LogP contribution in [-0.4, -0.2) is 38.6 Å². The largest absolute Gasteiger partial charge is 0.351 e. The van der Waals surface area contributed by atoms with E-state index in [2.05, 4.69) is 26.2 Å². The molecule has 0 aliphatic carbocycles. The summed E-state index contributed by atoms with van der Waals surface area (Å²) in [6, 6.07) is 7.90. The van der Waals surface area contributed by atoms with Gasteiger partial charge in [-0.1, -0.05) is 0 Å². The van der Waals surface area contributed by atoms with Gasteiger partial charge in [0.25, 0.3) is 5.91 Å². The van der Waals surface area contributed by atoms with E-state index in [9.17, 15) is 18.4 Å². The maximum Gasteiger partial charge on any atom is 0.254 e. The van der Waals surface area contributed by atoms with E-state index in [0.29, 0.717) is 11.8 Å². The van der Waals surface area contributed by atoms with Gasteiger partial charge < -0.3 is 10.6 Å². The van der Waals surface area contributed by atoms with Crippen LogP contribution in [0.5, 0.6) is 0 Å². The summed E-state index contributed by atoms with van der Waals surface area (Å²) >= 11 is 0. The highest BCUT2D eigenvalue weighted by Crippen LogP contribution is 2.18. The summed E-state index contributed by atoms with van der Waals surface area (Å²) in [5, 5.41) is 16.1. The molecule has 0 unspecified atom stereocenters. The Morgan fingerprint density at radius 1 is 1.14 bits per heavy atom. The van der Waals surface area contributed by atoms with Crippen LogP contribution in [0.3, 0.4) is 0 Å². The number of hydrogen-bond acceptors (Lipinski definition) is 5. The Balaban J connectivity index is 1.52. The molecule has 28 heavy (non-hydrogen) atoms. The Kier molecular flexibility index (Phi) is 5.68. The Labute approximate surface area is 158 Å². The number of anilines is 1. The number of nitrogens with one attached hydrogen (secondary N) is 2. The van der Waals surface area contributed by atoms with Crippen LogP contribution in [0.2, 0.25) is 0 Å². The lowest BCUT2D eigenvalue weighted by molar-refractivity contribution is -0.116. The summed E-state index contributed by atoms with van der Waals surface area (Å²) in [5.41, 5.74) is 1.92. The highest BCUT2D eigenvalue weighted by atomic mass is 19.1. The highest BCUT2D eigenvalue weighted by Gasteiger charge is 2.13. The third-order valence-corrected chi connectivity index (χ3v) is 3.89. The third-order valence-electron chi connectivity index (χ3n) is 3.89. The second kappa shape index (κ2) is 8.33. The van der Waals surface area contributed by atoms with Gasteiger partial charge in [0, 0.05) is 24.7 Å². The van der Waals surface area contributed by atoms with Crippen molar-refractivity contribution in [3.05, 3.63) is 65.5 Å². The quantitative estimate of drug-likeness (QED) is 0.675. The molecular formula is C18H16F2N6O2. The van der Waals surface area contributed by atoms with E-state index in [1.807, 2.05) is 6.92 Å². The zero-order valence-electron chi connectivity index (χ0n) is 14.8. The molecule has 2 N–H and O–H groups in total. The fourth-order valence-corrected chi connectivity index (χ4v) is 2.54. The van der Waals surface area contributed by atoms with Gasteiger partial charge in [0.1, 0.15) is 18.0 Å². The molecule has 2 aromatic carbocycles. The molecule has 10 heteroatoms. The maximum atomic E-state index is 13.6. The number of aryl methyl sites for hydroxylation is 1. The summed E-state index contributed by atoms with van der Waals surface area (Å²) in [4.78, 5) is 23.9. The van der Waals surface area contributed by atoms with Gasteiger partial charge in [0.05, 0.1) is 11.3 Å². The van der Waals surface area contributed by atoms with Crippen LogP contribution in [0.25, 0.3) is 5.69 Å². The van der Waals surface area contributed by atoms with Gasteiger partial charge in [-0.2, -0.15) is 0 Å². The second-order valence-corrected chi connectivity index (χ2v) is 5.93. The molecule has 0 atom stereocenters. The summed E-state index contributed by atoms with van der Waals surface area (Å²) in [6.45, 7) is 1.85. The smallest absolute Gasteiger partial charge is 0.254 e. The predicted octanol–water partition coefficient (Wildman–Crippen LogP) is 2.01. The fraction of sp³-hybridized carbons (Fsp3) is 0.167. The molecule has 0 radical (unpaired) electrons. The highest BCUT2D eigenvalue weighted by molar-refractivity contribution is 5.95. The van der Waals surface area contributed by atoms with Crippen LogP contribution >= 0.6 is 0 Å². The van der Waals surface area contributed by atoms with Crippen molar-refractivity contribution in [3.8, 4) is 5.69 Å². The average molecular weight is 386 g/mol. The van der Waals surface area contributed by atoms with Crippen molar-refractivity contribution < 1.29 is 18.4 Å². The first-order chi connectivity index (χ1) is 13.4. The van der Waals surface area contributed by atoms with E-state index in [1.165, 1.54) is 11.0 Å². The maximum absolute atomic E-state index is 13.6. The Bertz CT molecular complexity index is 1010. The third kappa shape index (κ3) is 4.53. The SMILES string of the molecule is Cc1cc(NC(=O)CCNC(=O)c2ccc(F)cc2F)ccc1-n1cnnn1. The number of rotatable bonds is 6. The lowest BCUT2D eigenvalue weighted by Gasteiger charge is -2.10. The van der Waals surface area contributed by atoms with Crippen LogP contribution in [0.15, 0.2) is 42.7 Å². The molecule has 1 aromatic heterocycles. The van der Waals surface area contributed by atoms with Crippen LogP contribution < -0.4 is 10.6 Å². The molecule has 0 bridgehead atoms. The van der Waals surface area contributed by atoms with Gasteiger partial charge in [0.15, 0.2) is 0 Å². The minimum absolute atomic E-state index is 0.00315. The first kappa shape index (κ1) is 19.1. The first-order valence-electron chi connectivity index (χ1n) is 8.31. The zero-order valence-corrected chi connectivity index (χ0v) is 14.8. The molecule has 0 aliphatic heterocycles. The molecule has 144 valence electrons. The molecule has 0 spiro atoms. The van der Waals surface area contributed by atoms with E-state index >= 15 is 0 Å². The number of aromatic nitrogens is 4. The predicted molar refractivity (Wildman–Crippen MR) is 95.8 cm³/mol. The number of hydrogen-bond donors (Lipinski definition) is 2. The standard InChI is InChI=1S/C18H16F2N6O2/c1-11-8-13(3-5-16(11)26-10-22-24-25-26)23-17(27)6-7-21-18(28)14-4-2-12(19)9-15(14)20/h2-5,8-10H,6-7H2,1H3,(H,21,28)(H,23,27). The lowest BCUT2D eigenvalue weighted by atomic mass is 10.1. The van der Waals surface area contributed by atoms with Gasteiger partial charge >= 0.3 is 0 Å². The second-order valence-electron chi connectivity index (χ2n) is 5.93. The van der Waals surface area contributed by atoms with Crippen LogP contribution in [0.4, 0.5) is 14.5 Å². The minimum Gasteiger partial charge on any atom is -0.351 e. The normalized spacial score (nSPS) is 10.5. The minimum atomic E-state index is -0.958. The molecule has 0 saturated heterocycles. The number of tetrazole rings is 1. The summed E-state index contributed by atoms with van der Waals surface area (Å²) in [6.07, 6.45) is 1.45. The van der Waals surface area contributed by atoms with Crippen molar-refractivity contribution in [1.29, 1.82) is 0 Å². The molecule has 2 amide bonds. The Morgan fingerprint density at radius 2 is 1.96 bits per heavy atom. The first-order valence-corrected chi connectivity index (χ1v) is 8.31. The number of carbonyl (C=O) groups excluding carboxylic acids is 2. The summed E-state index contributed by atoms with van der Waals surface area (Å²) < 4.78 is 27.9. The molecule has 3 rings (SSSR count). The molecule has 0 saturated carbocycles. The molecule has 3 aromatic rings. The number of carbonyl (C=O) groups is 2. The van der Waals surface area contributed by atoms with Crippen molar-refractivity contribution in [3.63, 3.8) is 0 Å². The summed E-state index contributed by atoms with van der Waals surface area (Å²) in [7, 11) is 0. The zero-order chi connectivity index (χ0) is 20.1. The van der Waals surface area contributed by atoms with Crippen LogP contribution in [0.1, 0.15) is 22.3 Å². The lowest BCUT2D eigenvalue weighted by Crippen LogP contribution is -2.28. The molecule has 0 aliphatic rings. The average Bonchev–Trinajstić information content (AvgIpc) is 3.16. The van der Waals surface area contributed by atoms with E-state index in [-0.39, 0.29) is 24.4 Å². The molecule has 1 heterocycles. The topological polar surface area (TPSA) is 102 Å². The van der Waals surface area contributed by atoms with Crippen molar-refractivity contribution in [2.75, 3.05) is 11.9 Å². The van der Waals surface area contributed by atoms with Crippen LogP contribution in [0, 0.1) is 18.6 Å². The van der Waals surface area contributed by atoms with Crippen molar-refractivity contribution in [2.45, 2.75) is 13.3 Å². The number of nitrogens with zero attached hydrogens (tertiary/aromatic N) is 4. The van der Waals surface area contributed by atoms with Crippen molar-refractivity contribution in [1.82, 2.24) is 25.5 Å². The van der Waals surface area contributed by atoms with Gasteiger partial charge in [-0.25, -0.2) is 13.5 Å². The van der Waals surface area contributed by atoms with Crippen LogP contribution in [-0.2, 0) is 4.79 Å². The van der Waals surface area contributed by atoms with Gasteiger partial charge in [-0.05, 0) is 53.2 Å². The van der Waals surface area contributed by atoms with Gasteiger partial charge in [-0.3, -0.25) is 9.59 Å². The van der Waals surface area contributed by atoms with E-state index in [0.717, 1.165) is 23.4 Å². The van der Waals surface area contributed by atoms with E-state index in [1.54, 1.807) is 18.2 Å². The van der Waals surface area contributed by atoms with Gasteiger partial charge in [-0.15, -0.1) is 5.10 Å². The van der Waals surface area contributed by atoms with Crippen molar-refractivity contribution in [2.24, 2.45) is 0 Å². The van der Waals surface area contributed by atoms with E-state index < -0.39 is 17.5 Å². The van der Waals surface area contributed by atoms with E-state index in [4.69, 9.17) is 0 Å². The number of benzene rings is 2. The molecular weight excluding hydrogens is 370 g/mol.